The van der Waals surface area contributed by atoms with Crippen molar-refractivity contribution in [2.45, 2.75) is 39.0 Å². The molecule has 2 aromatic carbocycles. The Morgan fingerprint density at radius 1 is 1.07 bits per heavy atom. The predicted octanol–water partition coefficient (Wildman–Crippen LogP) is 2.60. The van der Waals surface area contributed by atoms with Gasteiger partial charge >= 0.3 is 5.97 Å². The van der Waals surface area contributed by atoms with Crippen LogP contribution in [0.25, 0.3) is 11.0 Å². The molecule has 1 amide bonds. The lowest BCUT2D eigenvalue weighted by atomic mass is 10.0. The summed E-state index contributed by atoms with van der Waals surface area (Å²) in [7, 11) is 0. The number of aromatic nitrogens is 2. The standard InChI is InChI=1S/C22H23N3O4/c1-15(2)29-22(28)12-18(16-8-4-3-5-9-16)24-20(26)14-25-19-11-7-6-10-17(19)23-13-21(25)27/h3-11,13,15,18H,12,14H2,1-2H3,(H,24,26). The molecule has 29 heavy (non-hydrogen) atoms. The maximum Gasteiger partial charge on any atom is 0.308 e. The molecule has 0 aliphatic carbocycles. The van der Waals surface area contributed by atoms with E-state index in [0.717, 1.165) is 5.56 Å². The number of rotatable bonds is 7. The maximum absolute atomic E-state index is 12.8. The van der Waals surface area contributed by atoms with Crippen LogP contribution in [0, 0.1) is 0 Å². The maximum atomic E-state index is 12.8. The second kappa shape index (κ2) is 9.14. The summed E-state index contributed by atoms with van der Waals surface area (Å²) in [5.41, 5.74) is 1.62. The summed E-state index contributed by atoms with van der Waals surface area (Å²) in [4.78, 5) is 41.3. The molecular formula is C22H23N3O4. The summed E-state index contributed by atoms with van der Waals surface area (Å²) in [5.74, 6) is -0.782. The van der Waals surface area contributed by atoms with E-state index in [2.05, 4.69) is 10.3 Å². The normalized spacial score (nSPS) is 12.0. The number of fused-ring (bicyclic) bond motifs is 1. The first kappa shape index (κ1) is 20.3. The van der Waals surface area contributed by atoms with Crippen LogP contribution >= 0.6 is 0 Å². The molecule has 1 heterocycles. The molecule has 1 unspecified atom stereocenters. The van der Waals surface area contributed by atoms with E-state index >= 15 is 0 Å². The van der Waals surface area contributed by atoms with Crippen molar-refractivity contribution < 1.29 is 14.3 Å². The van der Waals surface area contributed by atoms with E-state index < -0.39 is 12.0 Å². The number of para-hydroxylation sites is 2. The Morgan fingerprint density at radius 2 is 1.76 bits per heavy atom. The molecular weight excluding hydrogens is 370 g/mol. The Balaban J connectivity index is 1.81. The average Bonchev–Trinajstić information content (AvgIpc) is 2.70. The van der Waals surface area contributed by atoms with Gasteiger partial charge in [-0.3, -0.25) is 19.0 Å². The smallest absolute Gasteiger partial charge is 0.308 e. The number of nitrogens with zero attached hydrogens (tertiary/aromatic N) is 2. The van der Waals surface area contributed by atoms with Crippen molar-refractivity contribution in [3.8, 4) is 0 Å². The molecule has 1 N–H and O–H groups in total. The summed E-state index contributed by atoms with van der Waals surface area (Å²) < 4.78 is 6.59. The van der Waals surface area contributed by atoms with Gasteiger partial charge in [0, 0.05) is 0 Å². The molecule has 0 aliphatic heterocycles. The molecule has 0 saturated carbocycles. The van der Waals surface area contributed by atoms with Gasteiger partial charge in [-0.25, -0.2) is 4.98 Å². The summed E-state index contributed by atoms with van der Waals surface area (Å²) in [6.45, 7) is 3.37. The van der Waals surface area contributed by atoms with Crippen LogP contribution in [0.2, 0.25) is 0 Å². The van der Waals surface area contributed by atoms with Crippen molar-refractivity contribution in [2.75, 3.05) is 0 Å². The van der Waals surface area contributed by atoms with Crippen LogP contribution in [-0.2, 0) is 20.9 Å². The highest BCUT2D eigenvalue weighted by molar-refractivity contribution is 5.81. The number of ether oxygens (including phenoxy) is 1. The van der Waals surface area contributed by atoms with Crippen molar-refractivity contribution in [3.63, 3.8) is 0 Å². The molecule has 3 aromatic rings. The molecule has 7 nitrogen and oxygen atoms in total. The van der Waals surface area contributed by atoms with E-state index in [1.165, 1.54) is 10.8 Å². The fourth-order valence-electron chi connectivity index (χ4n) is 3.08. The van der Waals surface area contributed by atoms with Gasteiger partial charge < -0.3 is 10.1 Å². The van der Waals surface area contributed by atoms with Gasteiger partial charge in [0.05, 0.1) is 35.8 Å². The SMILES string of the molecule is CC(C)OC(=O)CC(NC(=O)Cn1c(=O)cnc2ccccc21)c1ccccc1. The van der Waals surface area contributed by atoms with Crippen LogP contribution in [-0.4, -0.2) is 27.5 Å². The van der Waals surface area contributed by atoms with E-state index in [1.54, 1.807) is 32.0 Å². The van der Waals surface area contributed by atoms with Crippen LogP contribution in [0.1, 0.15) is 31.9 Å². The number of hydrogen-bond acceptors (Lipinski definition) is 5. The number of esters is 1. The second-order valence-corrected chi connectivity index (χ2v) is 6.94. The molecule has 0 fully saturated rings. The van der Waals surface area contributed by atoms with Gasteiger partial charge in [-0.2, -0.15) is 0 Å². The Hall–Kier alpha value is -3.48. The first-order valence-corrected chi connectivity index (χ1v) is 9.42. The number of nitrogens with one attached hydrogen (secondary N) is 1. The van der Waals surface area contributed by atoms with E-state index in [4.69, 9.17) is 4.74 Å². The molecule has 0 aliphatic rings. The van der Waals surface area contributed by atoms with E-state index in [0.29, 0.717) is 11.0 Å². The van der Waals surface area contributed by atoms with Gasteiger partial charge in [-0.1, -0.05) is 42.5 Å². The molecule has 0 bridgehead atoms. The highest BCUT2D eigenvalue weighted by Gasteiger charge is 2.20. The number of carbonyl (C=O) groups is 2. The lowest BCUT2D eigenvalue weighted by Crippen LogP contribution is -2.36. The fraction of sp³-hybridized carbons (Fsp3) is 0.273. The van der Waals surface area contributed by atoms with Crippen LogP contribution in [0.3, 0.4) is 0 Å². The molecule has 0 spiro atoms. The number of carbonyl (C=O) groups excluding carboxylic acids is 2. The molecule has 0 saturated heterocycles. The topological polar surface area (TPSA) is 90.3 Å². The fourth-order valence-corrected chi connectivity index (χ4v) is 3.08. The van der Waals surface area contributed by atoms with Gasteiger partial charge in [0.25, 0.3) is 5.56 Å². The summed E-state index contributed by atoms with van der Waals surface area (Å²) in [6, 6.07) is 15.8. The number of hydrogen-bond donors (Lipinski definition) is 1. The molecule has 7 heteroatoms. The van der Waals surface area contributed by atoms with Crippen molar-refractivity contribution in [3.05, 3.63) is 76.7 Å². The highest BCUT2D eigenvalue weighted by atomic mass is 16.5. The van der Waals surface area contributed by atoms with Crippen molar-refractivity contribution >= 4 is 22.9 Å². The Kier molecular flexibility index (Phi) is 6.39. The monoisotopic (exact) mass is 393 g/mol. The molecule has 3 rings (SSSR count). The Bertz CT molecular complexity index is 1060. The lowest BCUT2D eigenvalue weighted by Gasteiger charge is -2.20. The van der Waals surface area contributed by atoms with Crippen molar-refractivity contribution in [1.29, 1.82) is 0 Å². The first-order valence-electron chi connectivity index (χ1n) is 9.42. The lowest BCUT2D eigenvalue weighted by molar-refractivity contribution is -0.148. The van der Waals surface area contributed by atoms with E-state index in [1.807, 2.05) is 36.4 Å². The van der Waals surface area contributed by atoms with Gasteiger partial charge in [0.2, 0.25) is 5.91 Å². The predicted molar refractivity (Wildman–Crippen MR) is 109 cm³/mol. The largest absolute Gasteiger partial charge is 0.463 e. The third-order valence-corrected chi connectivity index (χ3v) is 4.33. The number of amides is 1. The molecule has 1 aromatic heterocycles. The zero-order valence-electron chi connectivity index (χ0n) is 16.4. The van der Waals surface area contributed by atoms with Crippen LogP contribution in [0.15, 0.2) is 65.6 Å². The third kappa shape index (κ3) is 5.28. The minimum Gasteiger partial charge on any atom is -0.463 e. The minimum atomic E-state index is -0.557. The minimum absolute atomic E-state index is 0.0000743. The van der Waals surface area contributed by atoms with Gasteiger partial charge in [0.15, 0.2) is 0 Å². The van der Waals surface area contributed by atoms with Crippen molar-refractivity contribution in [1.82, 2.24) is 14.9 Å². The summed E-state index contributed by atoms with van der Waals surface area (Å²) in [5, 5.41) is 2.86. The van der Waals surface area contributed by atoms with Crippen LogP contribution < -0.4 is 10.9 Å². The Morgan fingerprint density at radius 3 is 2.48 bits per heavy atom. The van der Waals surface area contributed by atoms with E-state index in [-0.39, 0.29) is 30.5 Å². The third-order valence-electron chi connectivity index (χ3n) is 4.33. The van der Waals surface area contributed by atoms with Gasteiger partial charge in [0.1, 0.15) is 6.54 Å². The molecule has 0 radical (unpaired) electrons. The summed E-state index contributed by atoms with van der Waals surface area (Å²) >= 11 is 0. The Labute approximate surface area is 168 Å². The van der Waals surface area contributed by atoms with Crippen LogP contribution in [0.5, 0.6) is 0 Å². The highest BCUT2D eigenvalue weighted by Crippen LogP contribution is 2.18. The second-order valence-electron chi connectivity index (χ2n) is 6.94. The van der Waals surface area contributed by atoms with Crippen LogP contribution in [0.4, 0.5) is 0 Å². The zero-order chi connectivity index (χ0) is 20.8. The molecule has 150 valence electrons. The molecule has 1 atom stereocenters. The van der Waals surface area contributed by atoms with E-state index in [9.17, 15) is 14.4 Å². The number of benzene rings is 2. The van der Waals surface area contributed by atoms with Gasteiger partial charge in [-0.15, -0.1) is 0 Å². The first-order chi connectivity index (χ1) is 13.9. The average molecular weight is 393 g/mol. The van der Waals surface area contributed by atoms with Crippen molar-refractivity contribution in [2.24, 2.45) is 0 Å². The zero-order valence-corrected chi connectivity index (χ0v) is 16.4. The van der Waals surface area contributed by atoms with Gasteiger partial charge in [-0.05, 0) is 31.5 Å². The summed E-state index contributed by atoms with van der Waals surface area (Å²) in [6.07, 6.45) is 0.959. The quantitative estimate of drug-likeness (QED) is 0.623.